The molecular weight excluding hydrogens is 405 g/mol. The monoisotopic (exact) mass is 419 g/mol. The molecule has 2 N–H and O–H groups in total. The molecule has 0 spiro atoms. The molecule has 3 aromatic rings. The molecule has 1 aromatic heterocycles. The van der Waals surface area contributed by atoms with Gasteiger partial charge in [0.1, 0.15) is 5.82 Å². The van der Waals surface area contributed by atoms with Crippen LogP contribution in [0.5, 0.6) is 0 Å². The summed E-state index contributed by atoms with van der Waals surface area (Å²) < 4.78 is 38.4. The lowest BCUT2D eigenvalue weighted by atomic mass is 10.3. The van der Waals surface area contributed by atoms with Crippen LogP contribution in [0, 0.1) is 5.82 Å². The zero-order valence-electron chi connectivity index (χ0n) is 14.4. The van der Waals surface area contributed by atoms with Gasteiger partial charge in [-0.3, -0.25) is 4.98 Å². The Morgan fingerprint density at radius 2 is 1.86 bits per heavy atom. The first-order valence-electron chi connectivity index (χ1n) is 8.10. The summed E-state index contributed by atoms with van der Waals surface area (Å²) in [5, 5.41) is 5.08. The number of rotatable bonds is 5. The third kappa shape index (κ3) is 4.65. The summed E-state index contributed by atoms with van der Waals surface area (Å²) in [5.41, 5.74) is 1.25. The molecule has 0 saturated heterocycles. The molecule has 3 rings (SSSR count). The van der Waals surface area contributed by atoms with E-state index < -0.39 is 21.7 Å². The fourth-order valence-corrected chi connectivity index (χ4v) is 4.18. The Hall–Kier alpha value is -2.97. The number of anilines is 1. The topological polar surface area (TPSA) is 88.2 Å². The molecule has 0 fully saturated rings. The van der Waals surface area contributed by atoms with Crippen LogP contribution >= 0.6 is 11.6 Å². The smallest absolute Gasteiger partial charge is 0.319 e. The van der Waals surface area contributed by atoms with Crippen molar-refractivity contribution in [2.24, 2.45) is 0 Å². The summed E-state index contributed by atoms with van der Waals surface area (Å²) in [6.07, 6.45) is 3.28. The molecule has 0 bridgehead atoms. The summed E-state index contributed by atoms with van der Waals surface area (Å²) in [5.74, 6) is -0.624. The van der Waals surface area contributed by atoms with Crippen LogP contribution in [0.2, 0.25) is 5.02 Å². The Morgan fingerprint density at radius 1 is 1.11 bits per heavy atom. The van der Waals surface area contributed by atoms with Crippen molar-refractivity contribution < 1.29 is 17.6 Å². The summed E-state index contributed by atoms with van der Waals surface area (Å²) in [6, 6.07) is 11.8. The van der Waals surface area contributed by atoms with E-state index >= 15 is 0 Å². The summed E-state index contributed by atoms with van der Waals surface area (Å²) in [7, 11) is -3.91. The van der Waals surface area contributed by atoms with E-state index in [0.29, 0.717) is 12.2 Å². The predicted molar refractivity (Wildman–Crippen MR) is 103 cm³/mol. The Morgan fingerprint density at radius 3 is 2.50 bits per heavy atom. The average molecular weight is 420 g/mol. The van der Waals surface area contributed by atoms with Crippen molar-refractivity contribution in [3.8, 4) is 0 Å². The number of benzene rings is 2. The zero-order chi connectivity index (χ0) is 20.1. The molecule has 0 unspecified atom stereocenters. The molecule has 0 atom stereocenters. The van der Waals surface area contributed by atoms with E-state index in [9.17, 15) is 17.6 Å². The van der Waals surface area contributed by atoms with Crippen molar-refractivity contribution in [1.82, 2.24) is 10.3 Å². The van der Waals surface area contributed by atoms with Crippen LogP contribution in [-0.4, -0.2) is 19.4 Å². The van der Waals surface area contributed by atoms with Crippen LogP contribution < -0.4 is 10.6 Å². The number of nitrogens with zero attached hydrogens (tertiary/aromatic N) is 1. The van der Waals surface area contributed by atoms with Crippen molar-refractivity contribution in [3.05, 3.63) is 83.4 Å². The standard InChI is InChI=1S/C19H15ClFN3O3S/c20-17-10-14(21)3-8-18(17)28(26,27)16-6-4-15(5-7-16)24-19(25)23-12-13-2-1-9-22-11-13/h1-11H,12H2,(H2,23,24,25). The van der Waals surface area contributed by atoms with Crippen LogP contribution in [-0.2, 0) is 16.4 Å². The molecule has 0 aliphatic carbocycles. The maximum absolute atomic E-state index is 13.2. The maximum atomic E-state index is 13.2. The number of amides is 2. The van der Waals surface area contributed by atoms with Gasteiger partial charge in [-0.15, -0.1) is 0 Å². The number of halogens is 2. The van der Waals surface area contributed by atoms with Crippen molar-refractivity contribution in [2.45, 2.75) is 16.3 Å². The molecular formula is C19H15ClFN3O3S. The number of hydrogen-bond donors (Lipinski definition) is 2. The Labute approximate surface area is 166 Å². The van der Waals surface area contributed by atoms with E-state index in [1.54, 1.807) is 18.5 Å². The molecule has 0 radical (unpaired) electrons. The molecule has 9 heteroatoms. The van der Waals surface area contributed by atoms with Crippen molar-refractivity contribution in [3.63, 3.8) is 0 Å². The highest BCUT2D eigenvalue weighted by Gasteiger charge is 2.21. The molecule has 6 nitrogen and oxygen atoms in total. The molecule has 144 valence electrons. The van der Waals surface area contributed by atoms with Crippen LogP contribution in [0.15, 0.2) is 76.8 Å². The molecule has 0 saturated carbocycles. The molecule has 2 aromatic carbocycles. The Bertz CT molecular complexity index is 1090. The summed E-state index contributed by atoms with van der Waals surface area (Å²) >= 11 is 5.86. The molecule has 1 heterocycles. The molecule has 28 heavy (non-hydrogen) atoms. The second-order valence-electron chi connectivity index (χ2n) is 5.77. The number of hydrogen-bond acceptors (Lipinski definition) is 4. The number of aromatic nitrogens is 1. The largest absolute Gasteiger partial charge is 0.334 e. The zero-order valence-corrected chi connectivity index (χ0v) is 16.0. The maximum Gasteiger partial charge on any atom is 0.319 e. The van der Waals surface area contributed by atoms with E-state index in [0.717, 1.165) is 23.8 Å². The fraction of sp³-hybridized carbons (Fsp3) is 0.0526. The van der Waals surface area contributed by atoms with Gasteiger partial charge >= 0.3 is 6.03 Å². The SMILES string of the molecule is O=C(NCc1cccnc1)Nc1ccc(S(=O)(=O)c2ccc(F)cc2Cl)cc1. The lowest BCUT2D eigenvalue weighted by Crippen LogP contribution is -2.28. The number of pyridine rings is 1. The van der Waals surface area contributed by atoms with Gasteiger partial charge in [0.2, 0.25) is 9.84 Å². The van der Waals surface area contributed by atoms with Gasteiger partial charge in [0.25, 0.3) is 0 Å². The van der Waals surface area contributed by atoms with Crippen LogP contribution in [0.3, 0.4) is 0 Å². The van der Waals surface area contributed by atoms with Crippen LogP contribution in [0.25, 0.3) is 0 Å². The minimum absolute atomic E-state index is 0.0256. The second kappa shape index (κ2) is 8.37. The van der Waals surface area contributed by atoms with Crippen LogP contribution in [0.4, 0.5) is 14.9 Å². The van der Waals surface area contributed by atoms with Crippen molar-refractivity contribution >= 4 is 33.2 Å². The van der Waals surface area contributed by atoms with Gasteiger partial charge in [-0.25, -0.2) is 17.6 Å². The van der Waals surface area contributed by atoms with Crippen molar-refractivity contribution in [2.75, 3.05) is 5.32 Å². The summed E-state index contributed by atoms with van der Waals surface area (Å²) in [4.78, 5) is 15.7. The van der Waals surface area contributed by atoms with Crippen molar-refractivity contribution in [1.29, 1.82) is 0 Å². The minimum Gasteiger partial charge on any atom is -0.334 e. The number of sulfone groups is 1. The lowest BCUT2D eigenvalue weighted by molar-refractivity contribution is 0.251. The van der Waals surface area contributed by atoms with Gasteiger partial charge in [0.15, 0.2) is 0 Å². The number of carbonyl (C=O) groups is 1. The van der Waals surface area contributed by atoms with Gasteiger partial charge in [-0.05, 0) is 54.1 Å². The summed E-state index contributed by atoms with van der Waals surface area (Å²) in [6.45, 7) is 0.301. The van der Waals surface area contributed by atoms with E-state index in [1.807, 2.05) is 6.07 Å². The first-order chi connectivity index (χ1) is 13.4. The third-order valence-corrected chi connectivity index (χ3v) is 6.03. The van der Waals surface area contributed by atoms with E-state index in [1.165, 1.54) is 24.3 Å². The average Bonchev–Trinajstić information content (AvgIpc) is 2.67. The first kappa shape index (κ1) is 19.8. The number of urea groups is 1. The van der Waals surface area contributed by atoms with Gasteiger partial charge < -0.3 is 10.6 Å². The fourth-order valence-electron chi connectivity index (χ4n) is 2.40. The highest BCUT2D eigenvalue weighted by Crippen LogP contribution is 2.28. The number of nitrogens with one attached hydrogen (secondary N) is 2. The van der Waals surface area contributed by atoms with E-state index in [2.05, 4.69) is 15.6 Å². The third-order valence-electron chi connectivity index (χ3n) is 3.78. The van der Waals surface area contributed by atoms with Gasteiger partial charge in [-0.1, -0.05) is 17.7 Å². The minimum atomic E-state index is -3.91. The van der Waals surface area contributed by atoms with Gasteiger partial charge in [-0.2, -0.15) is 0 Å². The quantitative estimate of drug-likeness (QED) is 0.611. The first-order valence-corrected chi connectivity index (χ1v) is 9.96. The molecule has 0 aliphatic rings. The van der Waals surface area contributed by atoms with E-state index in [4.69, 9.17) is 11.6 Å². The highest BCUT2D eigenvalue weighted by atomic mass is 35.5. The predicted octanol–water partition coefficient (Wildman–Crippen LogP) is 4.03. The lowest BCUT2D eigenvalue weighted by Gasteiger charge is -2.10. The number of carbonyl (C=O) groups excluding carboxylic acids is 1. The Kier molecular flexibility index (Phi) is 5.91. The van der Waals surface area contributed by atoms with Gasteiger partial charge in [0, 0.05) is 24.6 Å². The normalized spacial score (nSPS) is 11.1. The second-order valence-corrected chi connectivity index (χ2v) is 8.10. The molecule has 2 amide bonds. The van der Waals surface area contributed by atoms with Crippen LogP contribution in [0.1, 0.15) is 5.56 Å². The van der Waals surface area contributed by atoms with E-state index in [-0.39, 0.29) is 14.8 Å². The van der Waals surface area contributed by atoms with Gasteiger partial charge in [0.05, 0.1) is 14.8 Å². The Balaban J connectivity index is 1.68. The molecule has 0 aliphatic heterocycles. The highest BCUT2D eigenvalue weighted by molar-refractivity contribution is 7.91.